The Bertz CT molecular complexity index is 1170. The van der Waals surface area contributed by atoms with Crippen LogP contribution in [0.25, 0.3) is 27.8 Å². The maximum atomic E-state index is 13.0. The van der Waals surface area contributed by atoms with Crippen molar-refractivity contribution >= 4 is 22.4 Å². The summed E-state index contributed by atoms with van der Waals surface area (Å²) in [4.78, 5) is 13.0. The van der Waals surface area contributed by atoms with E-state index in [0.29, 0.717) is 16.8 Å². The summed E-state index contributed by atoms with van der Waals surface area (Å²) in [7, 11) is 0. The number of aryl methyl sites for hydroxylation is 1. The van der Waals surface area contributed by atoms with E-state index in [4.69, 9.17) is 10.8 Å². The summed E-state index contributed by atoms with van der Waals surface area (Å²) in [6, 6.07) is 19.5. The molecule has 25 heavy (non-hydrogen) atoms. The van der Waals surface area contributed by atoms with Crippen LogP contribution >= 0.6 is 0 Å². The molecule has 0 saturated heterocycles. The second-order valence-electron chi connectivity index (χ2n) is 6.39. The van der Waals surface area contributed by atoms with E-state index in [1.165, 1.54) is 5.56 Å². The van der Waals surface area contributed by atoms with Crippen LogP contribution in [-0.4, -0.2) is 15.6 Å². The first-order valence-corrected chi connectivity index (χ1v) is 8.17. The van der Waals surface area contributed by atoms with Crippen LogP contribution < -0.4 is 5.73 Å². The number of benzene rings is 3. The summed E-state index contributed by atoms with van der Waals surface area (Å²) in [6.07, 6.45) is 0. The zero-order chi connectivity index (χ0) is 17.1. The number of nitrogens with two attached hydrogens (primary N) is 1. The van der Waals surface area contributed by atoms with Gasteiger partial charge in [-0.1, -0.05) is 42.0 Å². The molecular formula is C21H15N3O. The molecule has 1 aliphatic rings. The van der Waals surface area contributed by atoms with E-state index < -0.39 is 0 Å². The molecule has 4 nitrogen and oxygen atoms in total. The Kier molecular flexibility index (Phi) is 2.69. The van der Waals surface area contributed by atoms with Crippen molar-refractivity contribution in [1.29, 1.82) is 0 Å². The largest absolute Gasteiger partial charge is 0.398 e. The van der Waals surface area contributed by atoms with E-state index in [1.54, 1.807) is 6.07 Å². The minimum absolute atomic E-state index is 0.0327. The number of nitrogens with zero attached hydrogens (tertiary/aromatic N) is 2. The third-order valence-corrected chi connectivity index (χ3v) is 4.80. The van der Waals surface area contributed by atoms with Crippen molar-refractivity contribution in [2.45, 2.75) is 6.92 Å². The summed E-state index contributed by atoms with van der Waals surface area (Å²) in [5.74, 6) is -0.0327. The van der Waals surface area contributed by atoms with Crippen LogP contribution in [0.2, 0.25) is 0 Å². The molecule has 2 N–H and O–H groups in total. The Morgan fingerprint density at radius 2 is 1.64 bits per heavy atom. The molecule has 4 aromatic rings. The monoisotopic (exact) mass is 325 g/mol. The fourth-order valence-electron chi connectivity index (χ4n) is 3.58. The van der Waals surface area contributed by atoms with Gasteiger partial charge in [0.15, 0.2) is 5.78 Å². The number of aromatic nitrogens is 2. The first-order chi connectivity index (χ1) is 12.1. The number of carbonyl (C=O) groups excluding carboxylic acids is 1. The zero-order valence-electron chi connectivity index (χ0n) is 13.7. The number of hydrogen-bond donors (Lipinski definition) is 1. The second kappa shape index (κ2) is 4.80. The number of hydrogen-bond acceptors (Lipinski definition) is 3. The van der Waals surface area contributed by atoms with Crippen LogP contribution in [0.4, 0.5) is 5.69 Å². The quantitative estimate of drug-likeness (QED) is 0.471. The van der Waals surface area contributed by atoms with E-state index in [0.717, 1.165) is 27.8 Å². The van der Waals surface area contributed by atoms with E-state index in [9.17, 15) is 4.79 Å². The van der Waals surface area contributed by atoms with Crippen LogP contribution in [0.15, 0.2) is 60.7 Å². The maximum Gasteiger partial charge on any atom is 0.196 e. The Morgan fingerprint density at radius 1 is 0.920 bits per heavy atom. The van der Waals surface area contributed by atoms with Gasteiger partial charge in [0.05, 0.1) is 22.5 Å². The van der Waals surface area contributed by atoms with Gasteiger partial charge in [-0.15, -0.1) is 0 Å². The van der Waals surface area contributed by atoms with E-state index >= 15 is 0 Å². The summed E-state index contributed by atoms with van der Waals surface area (Å²) in [5, 5.41) is 5.60. The van der Waals surface area contributed by atoms with Crippen molar-refractivity contribution in [3.8, 4) is 16.9 Å². The van der Waals surface area contributed by atoms with Crippen molar-refractivity contribution in [2.75, 3.05) is 5.73 Å². The average molecular weight is 325 g/mol. The second-order valence-corrected chi connectivity index (χ2v) is 6.39. The normalized spacial score (nSPS) is 12.4. The Labute approximate surface area is 144 Å². The predicted molar refractivity (Wildman–Crippen MR) is 99.1 cm³/mol. The maximum absolute atomic E-state index is 13.0. The molecule has 4 heteroatoms. The molecule has 0 atom stereocenters. The third kappa shape index (κ3) is 1.82. The van der Waals surface area contributed by atoms with Crippen molar-refractivity contribution in [3.63, 3.8) is 0 Å². The van der Waals surface area contributed by atoms with Crippen molar-refractivity contribution < 1.29 is 4.79 Å². The highest BCUT2D eigenvalue weighted by Gasteiger charge is 2.30. The lowest BCUT2D eigenvalue weighted by molar-refractivity contribution is 0.104. The fraction of sp³-hybridized carbons (Fsp3) is 0.0476. The molecule has 0 fully saturated rings. The van der Waals surface area contributed by atoms with Gasteiger partial charge in [0.2, 0.25) is 0 Å². The standard InChI is InChI=1S/C21H15N3O/c1-12-6-8-13(9-7-12)24-20-14-4-2-3-5-15(14)21(25)18-16(22)10-11-17(23-24)19(18)20/h2-11H,22H2,1H3. The molecule has 0 aliphatic heterocycles. The Hall–Kier alpha value is -3.40. The predicted octanol–water partition coefficient (Wildman–Crippen LogP) is 4.13. The highest BCUT2D eigenvalue weighted by atomic mass is 16.1. The van der Waals surface area contributed by atoms with Crippen LogP contribution in [0, 0.1) is 6.92 Å². The van der Waals surface area contributed by atoms with Crippen LogP contribution in [0.1, 0.15) is 21.5 Å². The summed E-state index contributed by atoms with van der Waals surface area (Å²) < 4.78 is 1.92. The molecule has 0 spiro atoms. The summed E-state index contributed by atoms with van der Waals surface area (Å²) in [5.41, 5.74) is 12.6. The molecule has 0 amide bonds. The summed E-state index contributed by atoms with van der Waals surface area (Å²) >= 11 is 0. The first-order valence-electron chi connectivity index (χ1n) is 8.17. The van der Waals surface area contributed by atoms with Gasteiger partial charge in [0.1, 0.15) is 0 Å². The van der Waals surface area contributed by atoms with Crippen molar-refractivity contribution in [1.82, 2.24) is 9.78 Å². The Morgan fingerprint density at radius 3 is 2.40 bits per heavy atom. The fourth-order valence-corrected chi connectivity index (χ4v) is 3.58. The van der Waals surface area contributed by atoms with Gasteiger partial charge in [0, 0.05) is 22.2 Å². The molecule has 0 saturated carbocycles. The molecule has 0 radical (unpaired) electrons. The summed E-state index contributed by atoms with van der Waals surface area (Å²) in [6.45, 7) is 2.06. The molecular weight excluding hydrogens is 310 g/mol. The SMILES string of the molecule is Cc1ccc(-n2nc3ccc(N)c4c3c2-c2ccccc2C4=O)cc1. The van der Waals surface area contributed by atoms with Crippen LogP contribution in [-0.2, 0) is 0 Å². The number of ketones is 1. The number of anilines is 1. The molecule has 0 unspecified atom stereocenters. The van der Waals surface area contributed by atoms with Gasteiger partial charge in [-0.3, -0.25) is 4.79 Å². The zero-order valence-corrected chi connectivity index (χ0v) is 13.7. The van der Waals surface area contributed by atoms with Gasteiger partial charge in [-0.05, 0) is 31.2 Å². The van der Waals surface area contributed by atoms with Crippen LogP contribution in [0.5, 0.6) is 0 Å². The topological polar surface area (TPSA) is 60.9 Å². The van der Waals surface area contributed by atoms with E-state index in [1.807, 2.05) is 47.1 Å². The highest BCUT2D eigenvalue weighted by molar-refractivity contribution is 6.27. The average Bonchev–Trinajstić information content (AvgIpc) is 3.01. The van der Waals surface area contributed by atoms with E-state index in [2.05, 4.69) is 19.1 Å². The van der Waals surface area contributed by atoms with Gasteiger partial charge >= 0.3 is 0 Å². The van der Waals surface area contributed by atoms with Crippen LogP contribution in [0.3, 0.4) is 0 Å². The smallest absolute Gasteiger partial charge is 0.196 e. The van der Waals surface area contributed by atoms with Crippen molar-refractivity contribution in [2.24, 2.45) is 0 Å². The van der Waals surface area contributed by atoms with Gasteiger partial charge in [-0.25, -0.2) is 4.68 Å². The molecule has 120 valence electrons. The highest BCUT2D eigenvalue weighted by Crippen LogP contribution is 2.42. The van der Waals surface area contributed by atoms with Gasteiger partial charge < -0.3 is 5.73 Å². The minimum Gasteiger partial charge on any atom is -0.398 e. The van der Waals surface area contributed by atoms with E-state index in [-0.39, 0.29) is 5.78 Å². The molecule has 0 bridgehead atoms. The number of rotatable bonds is 1. The lowest BCUT2D eigenvalue weighted by Crippen LogP contribution is -2.13. The number of carbonyl (C=O) groups is 1. The Balaban J connectivity index is 1.96. The third-order valence-electron chi connectivity index (χ3n) is 4.80. The number of fused-ring (bicyclic) bond motifs is 2. The molecule has 5 rings (SSSR count). The van der Waals surface area contributed by atoms with Gasteiger partial charge in [-0.2, -0.15) is 5.10 Å². The lowest BCUT2D eigenvalue weighted by atomic mass is 9.86. The first kappa shape index (κ1) is 14.0. The van der Waals surface area contributed by atoms with Gasteiger partial charge in [0.25, 0.3) is 0 Å². The van der Waals surface area contributed by atoms with Crippen molar-refractivity contribution in [3.05, 3.63) is 77.4 Å². The lowest BCUT2D eigenvalue weighted by Gasteiger charge is -2.18. The minimum atomic E-state index is -0.0327. The number of nitrogen functional groups attached to an aromatic ring is 1. The molecule has 1 aliphatic carbocycles. The molecule has 1 heterocycles. The molecule has 3 aromatic carbocycles. The molecule has 1 aromatic heterocycles.